The predicted octanol–water partition coefficient (Wildman–Crippen LogP) is 3.38. The maximum atomic E-state index is 12.8. The van der Waals surface area contributed by atoms with Crippen LogP contribution in [0.5, 0.6) is 17.2 Å². The lowest BCUT2D eigenvalue weighted by Gasteiger charge is -2.22. The first kappa shape index (κ1) is 21.8. The summed E-state index contributed by atoms with van der Waals surface area (Å²) in [6, 6.07) is 9.53. The summed E-state index contributed by atoms with van der Waals surface area (Å²) in [5, 5.41) is 11.6. The summed E-state index contributed by atoms with van der Waals surface area (Å²) in [7, 11) is 3.45. The minimum Gasteiger partial charge on any atom is -0.493 e. The minimum absolute atomic E-state index is 0.266. The van der Waals surface area contributed by atoms with Crippen LogP contribution in [0.4, 0.5) is 5.82 Å². The van der Waals surface area contributed by atoms with E-state index in [1.807, 2.05) is 40.8 Å². The molecule has 4 aromatic rings. The molecule has 176 valence electrons. The van der Waals surface area contributed by atoms with E-state index in [-0.39, 0.29) is 5.91 Å². The maximum Gasteiger partial charge on any atom is 0.260 e. The van der Waals surface area contributed by atoms with Crippen molar-refractivity contribution in [2.24, 2.45) is 0 Å². The van der Waals surface area contributed by atoms with Crippen LogP contribution in [-0.2, 0) is 0 Å². The van der Waals surface area contributed by atoms with Gasteiger partial charge in [-0.15, -0.1) is 0 Å². The van der Waals surface area contributed by atoms with Gasteiger partial charge in [0.15, 0.2) is 11.5 Å². The molecule has 0 unspecified atom stereocenters. The van der Waals surface area contributed by atoms with E-state index in [0.717, 1.165) is 36.8 Å². The third-order valence-corrected chi connectivity index (χ3v) is 5.96. The van der Waals surface area contributed by atoms with E-state index in [2.05, 4.69) is 26.1 Å². The van der Waals surface area contributed by atoms with E-state index in [4.69, 9.17) is 9.47 Å². The quantitative estimate of drug-likeness (QED) is 0.387. The highest BCUT2D eigenvalue weighted by Gasteiger charge is 2.18. The number of hydrogen-bond donors (Lipinski definition) is 3. The summed E-state index contributed by atoms with van der Waals surface area (Å²) in [4.78, 5) is 17.0. The Balaban J connectivity index is 1.31. The van der Waals surface area contributed by atoms with Gasteiger partial charge in [-0.1, -0.05) is 0 Å². The Hall–Kier alpha value is -4.05. The van der Waals surface area contributed by atoms with Gasteiger partial charge < -0.3 is 25.5 Å². The van der Waals surface area contributed by atoms with Crippen molar-refractivity contribution in [1.82, 2.24) is 24.8 Å². The van der Waals surface area contributed by atoms with Crippen LogP contribution in [0.1, 0.15) is 29.2 Å². The molecule has 4 heterocycles. The van der Waals surface area contributed by atoms with Crippen molar-refractivity contribution in [3.8, 4) is 17.2 Å². The zero-order valence-corrected chi connectivity index (χ0v) is 19.1. The predicted molar refractivity (Wildman–Crippen MR) is 129 cm³/mol. The second-order valence-electron chi connectivity index (χ2n) is 8.09. The number of pyridine rings is 1. The molecule has 1 amide bonds. The molecule has 34 heavy (non-hydrogen) atoms. The lowest BCUT2D eigenvalue weighted by atomic mass is 10.1. The fourth-order valence-electron chi connectivity index (χ4n) is 4.16. The number of aromatic nitrogens is 4. The minimum atomic E-state index is -0.266. The smallest absolute Gasteiger partial charge is 0.260 e. The van der Waals surface area contributed by atoms with Crippen LogP contribution in [0.25, 0.3) is 10.9 Å². The van der Waals surface area contributed by atoms with Gasteiger partial charge in [-0.25, -0.2) is 4.98 Å². The monoisotopic (exact) mass is 461 g/mol. The average molecular weight is 462 g/mol. The zero-order valence-electron chi connectivity index (χ0n) is 19.1. The molecule has 0 bridgehead atoms. The lowest BCUT2D eigenvalue weighted by molar-refractivity contribution is 0.102. The largest absolute Gasteiger partial charge is 0.493 e. The molecule has 0 radical (unpaired) electrons. The van der Waals surface area contributed by atoms with Crippen LogP contribution in [0.2, 0.25) is 0 Å². The number of piperidine rings is 1. The van der Waals surface area contributed by atoms with Gasteiger partial charge in [0.25, 0.3) is 5.91 Å². The Morgan fingerprint density at radius 1 is 1.18 bits per heavy atom. The molecule has 0 spiro atoms. The van der Waals surface area contributed by atoms with E-state index in [0.29, 0.717) is 34.7 Å². The molecule has 5 rings (SSSR count). The number of hydrogen-bond acceptors (Lipinski definition) is 7. The summed E-state index contributed by atoms with van der Waals surface area (Å²) < 4.78 is 15.4. The van der Waals surface area contributed by atoms with Gasteiger partial charge in [-0.05, 0) is 44.1 Å². The number of nitrogens with zero attached hydrogens (tertiary/aromatic N) is 4. The fraction of sp³-hybridized carbons (Fsp3) is 0.292. The van der Waals surface area contributed by atoms with Crippen molar-refractivity contribution in [3.63, 3.8) is 0 Å². The maximum absolute atomic E-state index is 12.8. The zero-order chi connectivity index (χ0) is 23.5. The number of methoxy groups -OCH3 is 1. The average Bonchev–Trinajstić information content (AvgIpc) is 3.51. The molecule has 0 atom stereocenters. The van der Waals surface area contributed by atoms with Gasteiger partial charge in [0.2, 0.25) is 0 Å². The molecule has 10 nitrogen and oxygen atoms in total. The summed E-state index contributed by atoms with van der Waals surface area (Å²) >= 11 is 0. The number of amides is 1. The number of benzene rings is 1. The molecule has 1 saturated heterocycles. The number of carbonyl (C=O) groups is 1. The number of anilines is 1. The molecule has 3 N–H and O–H groups in total. The molecule has 1 fully saturated rings. The number of nitrogens with one attached hydrogen (secondary N) is 3. The fourth-order valence-corrected chi connectivity index (χ4v) is 4.16. The van der Waals surface area contributed by atoms with Crippen LogP contribution in [0.15, 0.2) is 55.1 Å². The van der Waals surface area contributed by atoms with Gasteiger partial charge in [-0.3, -0.25) is 14.2 Å². The molecule has 0 saturated carbocycles. The second-order valence-corrected chi connectivity index (χ2v) is 8.09. The van der Waals surface area contributed by atoms with Crippen LogP contribution in [-0.4, -0.2) is 52.6 Å². The van der Waals surface area contributed by atoms with Crippen molar-refractivity contribution >= 4 is 22.6 Å². The van der Waals surface area contributed by atoms with Crippen LogP contribution in [0, 0.1) is 0 Å². The van der Waals surface area contributed by atoms with Crippen LogP contribution >= 0.6 is 0 Å². The number of carbonyl (C=O) groups excluding carboxylic acids is 1. The topological polar surface area (TPSA) is 107 Å². The highest BCUT2D eigenvalue weighted by molar-refractivity contribution is 6.03. The molecule has 0 aliphatic carbocycles. The number of fused-ring (bicyclic) bond motifs is 1. The molecule has 1 aliphatic rings. The van der Waals surface area contributed by atoms with Crippen molar-refractivity contribution < 1.29 is 14.3 Å². The highest BCUT2D eigenvalue weighted by atomic mass is 16.5. The van der Waals surface area contributed by atoms with Gasteiger partial charge in [0.05, 0.1) is 30.4 Å². The Labute approximate surface area is 196 Å². The van der Waals surface area contributed by atoms with Gasteiger partial charge in [0, 0.05) is 43.2 Å². The second kappa shape index (κ2) is 9.44. The van der Waals surface area contributed by atoms with Crippen LogP contribution in [0.3, 0.4) is 0 Å². The van der Waals surface area contributed by atoms with E-state index in [1.165, 1.54) is 0 Å². The molecule has 1 aliphatic heterocycles. The van der Waals surface area contributed by atoms with E-state index >= 15 is 0 Å². The summed E-state index contributed by atoms with van der Waals surface area (Å²) in [5.41, 5.74) is 4.56. The summed E-state index contributed by atoms with van der Waals surface area (Å²) in [6.07, 6.45) is 8.91. The molecular weight excluding hydrogens is 434 g/mol. The van der Waals surface area contributed by atoms with E-state index in [1.54, 1.807) is 37.8 Å². The Bertz CT molecular complexity index is 1310. The first-order chi connectivity index (χ1) is 16.6. The molecule has 1 aromatic carbocycles. The Morgan fingerprint density at radius 2 is 2.03 bits per heavy atom. The highest BCUT2D eigenvalue weighted by Crippen LogP contribution is 2.36. The van der Waals surface area contributed by atoms with Crippen molar-refractivity contribution in [2.75, 3.05) is 38.0 Å². The van der Waals surface area contributed by atoms with Crippen molar-refractivity contribution in [3.05, 3.63) is 60.7 Å². The Morgan fingerprint density at radius 3 is 2.82 bits per heavy atom. The first-order valence-corrected chi connectivity index (χ1v) is 11.2. The number of ether oxygens (including phenoxy) is 2. The van der Waals surface area contributed by atoms with E-state index < -0.39 is 0 Å². The molecular formula is C24H27N7O3. The third-order valence-electron chi connectivity index (χ3n) is 5.96. The molecule has 3 aromatic heterocycles. The lowest BCUT2D eigenvalue weighted by Crippen LogP contribution is -2.29. The summed E-state index contributed by atoms with van der Waals surface area (Å²) in [5.74, 6) is 1.81. The van der Waals surface area contributed by atoms with Crippen molar-refractivity contribution in [2.45, 2.75) is 18.9 Å². The van der Waals surface area contributed by atoms with Gasteiger partial charge in [0.1, 0.15) is 11.6 Å². The third kappa shape index (κ3) is 4.40. The van der Waals surface area contributed by atoms with Crippen LogP contribution < -0.4 is 25.5 Å². The standard InChI is InChI=1S/C24H27N7O3/c1-25-30-10-6-16-11-22(21(33-2)13-20(16)30)34-19-5-9-27-23(12-19)29-24(32)17-14-28-31(15-17)18-3-7-26-8-4-18/h5-6,9-15,18,25-26H,3-4,7-8H2,1-2H3,(H,27,29,32). The van der Waals surface area contributed by atoms with Gasteiger partial charge in [-0.2, -0.15) is 5.10 Å². The van der Waals surface area contributed by atoms with Gasteiger partial charge >= 0.3 is 0 Å². The normalized spacial score (nSPS) is 14.2. The number of rotatable bonds is 7. The SMILES string of the molecule is CNn1ccc2cc(Oc3ccnc(NC(=O)c4cnn(C5CCNCC5)c4)c3)c(OC)cc21. The van der Waals surface area contributed by atoms with E-state index in [9.17, 15) is 4.79 Å². The first-order valence-electron chi connectivity index (χ1n) is 11.2. The molecule has 10 heteroatoms. The van der Waals surface area contributed by atoms with Crippen molar-refractivity contribution in [1.29, 1.82) is 0 Å². The summed E-state index contributed by atoms with van der Waals surface area (Å²) in [6.45, 7) is 1.92. The Kier molecular flexibility index (Phi) is 6.05.